The predicted molar refractivity (Wildman–Crippen MR) is 161 cm³/mol. The molecule has 0 bridgehead atoms. The first-order valence-electron chi connectivity index (χ1n) is 16.0. The molecular formula is C32H47N5O5. The van der Waals surface area contributed by atoms with Crippen LogP contribution < -0.4 is 20.3 Å². The van der Waals surface area contributed by atoms with Crippen molar-refractivity contribution in [1.29, 1.82) is 0 Å². The number of nitrogens with zero attached hydrogens (tertiary/aromatic N) is 3. The molecule has 230 valence electrons. The van der Waals surface area contributed by atoms with E-state index in [1.54, 1.807) is 18.2 Å². The second-order valence-corrected chi connectivity index (χ2v) is 12.6. The molecule has 4 fully saturated rings. The third kappa shape index (κ3) is 7.82. The minimum absolute atomic E-state index is 0.0363. The number of hydrogen-bond acceptors (Lipinski definition) is 6. The van der Waals surface area contributed by atoms with E-state index in [1.165, 1.54) is 44.1 Å². The van der Waals surface area contributed by atoms with Crippen LogP contribution in [0.2, 0.25) is 0 Å². The van der Waals surface area contributed by atoms with Crippen LogP contribution in [0.1, 0.15) is 87.4 Å². The van der Waals surface area contributed by atoms with E-state index >= 15 is 0 Å². The highest BCUT2D eigenvalue weighted by Gasteiger charge is 2.30. The van der Waals surface area contributed by atoms with Gasteiger partial charge in [-0.25, -0.2) is 4.79 Å². The second kappa shape index (κ2) is 14.4. The predicted octanol–water partition coefficient (Wildman–Crippen LogP) is 3.93. The van der Waals surface area contributed by atoms with Gasteiger partial charge in [-0.15, -0.1) is 0 Å². The van der Waals surface area contributed by atoms with Gasteiger partial charge < -0.3 is 15.0 Å². The lowest BCUT2D eigenvalue weighted by Gasteiger charge is -2.35. The van der Waals surface area contributed by atoms with Crippen LogP contribution in [-0.2, 0) is 9.59 Å². The van der Waals surface area contributed by atoms with Crippen LogP contribution >= 0.6 is 0 Å². The van der Waals surface area contributed by atoms with Gasteiger partial charge in [0.05, 0.1) is 19.3 Å². The van der Waals surface area contributed by atoms with Crippen LogP contribution in [0, 0.1) is 11.8 Å². The highest BCUT2D eigenvalue weighted by molar-refractivity contribution is 6.07. The molecule has 10 nitrogen and oxygen atoms in total. The van der Waals surface area contributed by atoms with Crippen molar-refractivity contribution < 1.29 is 23.9 Å². The third-order valence-corrected chi connectivity index (χ3v) is 9.70. The minimum atomic E-state index is -0.499. The maximum atomic E-state index is 13.4. The summed E-state index contributed by atoms with van der Waals surface area (Å²) in [5.41, 5.74) is 1.02. The van der Waals surface area contributed by atoms with Crippen molar-refractivity contribution in [2.45, 2.75) is 83.1 Å². The number of benzene rings is 1. The number of piperidine rings is 2. The second-order valence-electron chi connectivity index (χ2n) is 12.6. The van der Waals surface area contributed by atoms with E-state index in [1.807, 2.05) is 4.90 Å². The molecule has 0 radical (unpaired) electrons. The van der Waals surface area contributed by atoms with Crippen LogP contribution in [0.4, 0.5) is 10.5 Å². The summed E-state index contributed by atoms with van der Waals surface area (Å²) in [7, 11) is 1.53. The van der Waals surface area contributed by atoms with Crippen LogP contribution in [-0.4, -0.2) is 86.0 Å². The molecule has 3 heterocycles. The van der Waals surface area contributed by atoms with E-state index in [0.29, 0.717) is 35.5 Å². The maximum Gasteiger partial charge on any atom is 0.328 e. The van der Waals surface area contributed by atoms with Gasteiger partial charge in [-0.2, -0.15) is 0 Å². The number of nitrogens with one attached hydrogen (secondary N) is 2. The van der Waals surface area contributed by atoms with Crippen LogP contribution in [0.5, 0.6) is 5.75 Å². The molecule has 4 aliphatic rings. The Kier molecular flexibility index (Phi) is 10.4. The first kappa shape index (κ1) is 30.3. The largest absolute Gasteiger partial charge is 0.495 e. The number of methoxy groups -OCH3 is 1. The van der Waals surface area contributed by atoms with Gasteiger partial charge in [-0.05, 0) is 81.6 Å². The summed E-state index contributed by atoms with van der Waals surface area (Å²) in [6.45, 7) is 4.27. The van der Waals surface area contributed by atoms with E-state index in [-0.39, 0.29) is 30.7 Å². The number of likely N-dealkylation sites (tertiary alicyclic amines) is 2. The fourth-order valence-electron chi connectivity index (χ4n) is 7.06. The molecule has 1 aliphatic carbocycles. The molecule has 3 saturated heterocycles. The molecule has 5 amide bonds. The zero-order valence-electron chi connectivity index (χ0n) is 25.1. The summed E-state index contributed by atoms with van der Waals surface area (Å²) in [6, 6.07) is 5.05. The van der Waals surface area contributed by atoms with Crippen molar-refractivity contribution in [2.75, 3.05) is 51.3 Å². The Bertz CT molecular complexity index is 1120. The Hall–Kier alpha value is -3.14. The molecule has 1 aromatic carbocycles. The van der Waals surface area contributed by atoms with Crippen molar-refractivity contribution >= 4 is 29.4 Å². The summed E-state index contributed by atoms with van der Waals surface area (Å²) >= 11 is 0. The van der Waals surface area contributed by atoms with Crippen molar-refractivity contribution in [2.24, 2.45) is 11.8 Å². The molecular weight excluding hydrogens is 534 g/mol. The van der Waals surface area contributed by atoms with Gasteiger partial charge in [0.1, 0.15) is 5.75 Å². The molecule has 0 unspecified atom stereocenters. The van der Waals surface area contributed by atoms with Gasteiger partial charge in [0, 0.05) is 37.7 Å². The van der Waals surface area contributed by atoms with Crippen molar-refractivity contribution in [3.63, 3.8) is 0 Å². The summed E-state index contributed by atoms with van der Waals surface area (Å²) in [6.07, 6.45) is 13.0. The number of urea groups is 1. The maximum absolute atomic E-state index is 13.4. The molecule has 42 heavy (non-hydrogen) atoms. The monoisotopic (exact) mass is 581 g/mol. The van der Waals surface area contributed by atoms with Crippen LogP contribution in [0.3, 0.4) is 0 Å². The number of hydrogen-bond donors (Lipinski definition) is 2. The lowest BCUT2D eigenvalue weighted by Crippen LogP contribution is -2.49. The number of carbonyl (C=O) groups is 4. The van der Waals surface area contributed by atoms with Crippen molar-refractivity contribution in [3.8, 4) is 5.75 Å². The number of carbonyl (C=O) groups excluding carboxylic acids is 4. The first-order valence-corrected chi connectivity index (χ1v) is 16.0. The number of ether oxygens (including phenoxy) is 1. The fraction of sp³-hybridized carbons (Fsp3) is 0.688. The number of rotatable bonds is 9. The number of anilines is 1. The zero-order valence-corrected chi connectivity index (χ0v) is 25.1. The van der Waals surface area contributed by atoms with Gasteiger partial charge >= 0.3 is 6.03 Å². The van der Waals surface area contributed by atoms with E-state index in [0.717, 1.165) is 70.6 Å². The Morgan fingerprint density at radius 3 is 2.21 bits per heavy atom. The first-order chi connectivity index (χ1) is 20.4. The smallest absolute Gasteiger partial charge is 0.328 e. The Balaban J connectivity index is 1.03. The van der Waals surface area contributed by atoms with E-state index in [9.17, 15) is 19.2 Å². The van der Waals surface area contributed by atoms with Gasteiger partial charge in [0.2, 0.25) is 11.8 Å². The number of imide groups is 1. The quantitative estimate of drug-likeness (QED) is 0.457. The summed E-state index contributed by atoms with van der Waals surface area (Å²) in [5.74, 6) is 1.71. The van der Waals surface area contributed by atoms with E-state index in [2.05, 4.69) is 15.5 Å². The standard InChI is InChI=1S/C32H47N5O5/c1-42-28-10-9-25(21-27(28)37-20-15-29(38)34-32(37)41)31(40)36-18-13-24(14-19-36)8-7-23-11-16-35(17-12-23)22-30(39)33-26-5-3-2-4-6-26/h9-10,21,23-24,26H,2-8,11-20,22H2,1H3,(H,33,39)(H,34,38,41). The molecule has 0 spiro atoms. The molecule has 0 aromatic heterocycles. The van der Waals surface area contributed by atoms with Crippen molar-refractivity contribution in [1.82, 2.24) is 20.4 Å². The lowest BCUT2D eigenvalue weighted by atomic mass is 9.85. The minimum Gasteiger partial charge on any atom is -0.495 e. The van der Waals surface area contributed by atoms with Crippen LogP contribution in [0.15, 0.2) is 18.2 Å². The average molecular weight is 582 g/mol. The highest BCUT2D eigenvalue weighted by atomic mass is 16.5. The normalized spacial score (nSPS) is 21.7. The van der Waals surface area contributed by atoms with Gasteiger partial charge in [-0.3, -0.25) is 29.5 Å². The molecule has 5 rings (SSSR count). The molecule has 1 saturated carbocycles. The third-order valence-electron chi connectivity index (χ3n) is 9.70. The lowest BCUT2D eigenvalue weighted by molar-refractivity contribution is -0.123. The molecule has 3 aliphatic heterocycles. The highest BCUT2D eigenvalue weighted by Crippen LogP contribution is 2.33. The fourth-order valence-corrected chi connectivity index (χ4v) is 7.06. The van der Waals surface area contributed by atoms with E-state index in [4.69, 9.17) is 4.74 Å². The molecule has 2 N–H and O–H groups in total. The topological polar surface area (TPSA) is 111 Å². The van der Waals surface area contributed by atoms with Gasteiger partial charge in [-0.1, -0.05) is 32.1 Å². The Labute approximate surface area is 249 Å². The molecule has 1 aromatic rings. The van der Waals surface area contributed by atoms with Crippen molar-refractivity contribution in [3.05, 3.63) is 23.8 Å². The Morgan fingerprint density at radius 1 is 0.905 bits per heavy atom. The average Bonchev–Trinajstić information content (AvgIpc) is 3.01. The zero-order chi connectivity index (χ0) is 29.5. The Morgan fingerprint density at radius 2 is 1.57 bits per heavy atom. The summed E-state index contributed by atoms with van der Waals surface area (Å²) in [5, 5.41) is 5.58. The SMILES string of the molecule is COc1ccc(C(=O)N2CCC(CCC3CCN(CC(=O)NC4CCCCC4)CC3)CC2)cc1N1CCC(=O)NC1=O. The van der Waals surface area contributed by atoms with Gasteiger partial charge in [0.15, 0.2) is 0 Å². The van der Waals surface area contributed by atoms with Crippen LogP contribution in [0.25, 0.3) is 0 Å². The van der Waals surface area contributed by atoms with E-state index < -0.39 is 6.03 Å². The van der Waals surface area contributed by atoms with Gasteiger partial charge in [0.25, 0.3) is 5.91 Å². The number of amides is 5. The molecule has 0 atom stereocenters. The molecule has 10 heteroatoms. The summed E-state index contributed by atoms with van der Waals surface area (Å²) < 4.78 is 5.44. The summed E-state index contributed by atoms with van der Waals surface area (Å²) in [4.78, 5) is 55.6.